The van der Waals surface area contributed by atoms with E-state index in [0.29, 0.717) is 35.3 Å². The van der Waals surface area contributed by atoms with Crippen LogP contribution in [0.2, 0.25) is 0 Å². The Labute approximate surface area is 188 Å². The van der Waals surface area contributed by atoms with Gasteiger partial charge >= 0.3 is 0 Å². The number of Topliss-reactive ketones (excluding diaryl/α,β-unsaturated/α-hetero) is 1. The van der Waals surface area contributed by atoms with Crippen LogP contribution in [0.15, 0.2) is 41.5 Å². The molecule has 0 radical (unpaired) electrons. The number of benzene rings is 2. The summed E-state index contributed by atoms with van der Waals surface area (Å²) in [5, 5.41) is 32.4. The van der Waals surface area contributed by atoms with Crippen molar-refractivity contribution in [3.63, 3.8) is 0 Å². The first-order valence-electron chi connectivity index (χ1n) is 10.6. The number of carbonyl (C=O) groups is 1. The lowest BCUT2D eigenvalue weighted by Crippen LogP contribution is -2.22. The van der Waals surface area contributed by atoms with Crippen molar-refractivity contribution in [3.05, 3.63) is 63.8 Å². The number of fused-ring (bicyclic) bond motifs is 1. The molecular formula is C26H30O6. The second-order valence-electron chi connectivity index (χ2n) is 8.49. The van der Waals surface area contributed by atoms with E-state index in [2.05, 4.69) is 0 Å². The van der Waals surface area contributed by atoms with Crippen LogP contribution in [-0.4, -0.2) is 28.2 Å². The molecule has 1 aliphatic heterocycles. The Hall–Kier alpha value is -3.41. The maximum atomic E-state index is 13.2. The number of ether oxygens (including phenoxy) is 2. The summed E-state index contributed by atoms with van der Waals surface area (Å²) in [6.07, 6.45) is 3.65. The Bertz CT molecular complexity index is 1100. The zero-order chi connectivity index (χ0) is 23.6. The molecule has 3 N–H and O–H groups in total. The summed E-state index contributed by atoms with van der Waals surface area (Å²) in [5.74, 6) is -0.0416. The quantitative estimate of drug-likeness (QED) is 0.513. The number of methoxy groups -OCH3 is 1. The third-order valence-corrected chi connectivity index (χ3v) is 5.52. The molecule has 1 heterocycles. The molecule has 0 amide bonds. The highest BCUT2D eigenvalue weighted by Crippen LogP contribution is 2.49. The van der Waals surface area contributed by atoms with Gasteiger partial charge in [0.25, 0.3) is 0 Å². The van der Waals surface area contributed by atoms with Gasteiger partial charge in [0.2, 0.25) is 0 Å². The summed E-state index contributed by atoms with van der Waals surface area (Å²) >= 11 is 0. The van der Waals surface area contributed by atoms with Gasteiger partial charge in [-0.25, -0.2) is 0 Å². The van der Waals surface area contributed by atoms with Crippen LogP contribution in [0, 0.1) is 0 Å². The molecule has 170 valence electrons. The maximum Gasteiger partial charge on any atom is 0.174 e. The zero-order valence-corrected chi connectivity index (χ0v) is 19.2. The summed E-state index contributed by atoms with van der Waals surface area (Å²) in [5.41, 5.74) is 3.35. The van der Waals surface area contributed by atoms with E-state index in [1.165, 1.54) is 13.2 Å². The van der Waals surface area contributed by atoms with Crippen LogP contribution in [0.25, 0.3) is 0 Å². The molecule has 3 rings (SSSR count). The van der Waals surface area contributed by atoms with Crippen molar-refractivity contribution in [1.82, 2.24) is 0 Å². The average Bonchev–Trinajstić information content (AvgIpc) is 2.72. The first-order chi connectivity index (χ1) is 15.1. The van der Waals surface area contributed by atoms with Crippen molar-refractivity contribution in [2.75, 3.05) is 7.11 Å². The molecule has 0 spiro atoms. The number of allylic oxidation sites excluding steroid dienone is 4. The standard InChI is InChI=1S/C26H30O6/c1-14(2)6-9-18-24(29)19(10-7-15(3)4)26-23(25(18)30)21(28)13-22(32-26)17-11-8-16(31-5)12-20(17)27/h6-8,11-12,22,27,29-30H,9-10,13H2,1-5H3/t22-/m0/s1. The number of phenolic OH excluding ortho intramolecular Hbond substituents is 3. The molecule has 0 saturated heterocycles. The monoisotopic (exact) mass is 438 g/mol. The van der Waals surface area contributed by atoms with Crippen LogP contribution in [0.1, 0.15) is 67.3 Å². The molecule has 0 saturated carbocycles. The lowest BCUT2D eigenvalue weighted by atomic mass is 9.88. The van der Waals surface area contributed by atoms with Crippen molar-refractivity contribution in [1.29, 1.82) is 0 Å². The normalized spacial score (nSPS) is 14.9. The third kappa shape index (κ3) is 4.59. The van der Waals surface area contributed by atoms with Gasteiger partial charge in [0.05, 0.1) is 13.5 Å². The Kier molecular flexibility index (Phi) is 6.82. The van der Waals surface area contributed by atoms with Crippen molar-refractivity contribution in [2.45, 2.75) is 53.1 Å². The van der Waals surface area contributed by atoms with Crippen LogP contribution in [-0.2, 0) is 12.8 Å². The maximum absolute atomic E-state index is 13.2. The fourth-order valence-corrected chi connectivity index (χ4v) is 3.75. The van der Waals surface area contributed by atoms with Crippen molar-refractivity contribution in [3.8, 4) is 28.7 Å². The molecule has 0 fully saturated rings. The van der Waals surface area contributed by atoms with Crippen LogP contribution in [0.4, 0.5) is 0 Å². The predicted octanol–water partition coefficient (Wildman–Crippen LogP) is 5.54. The van der Waals surface area contributed by atoms with Gasteiger partial charge in [-0.1, -0.05) is 23.3 Å². The minimum Gasteiger partial charge on any atom is -0.507 e. The third-order valence-electron chi connectivity index (χ3n) is 5.52. The predicted molar refractivity (Wildman–Crippen MR) is 123 cm³/mol. The molecule has 2 aromatic carbocycles. The lowest BCUT2D eigenvalue weighted by Gasteiger charge is -2.29. The molecule has 6 nitrogen and oxygen atoms in total. The highest BCUT2D eigenvalue weighted by atomic mass is 16.5. The van der Waals surface area contributed by atoms with Crippen LogP contribution in [0.5, 0.6) is 28.7 Å². The van der Waals surface area contributed by atoms with Gasteiger partial charge < -0.3 is 24.8 Å². The number of hydrogen-bond donors (Lipinski definition) is 3. The highest BCUT2D eigenvalue weighted by Gasteiger charge is 2.36. The van der Waals surface area contributed by atoms with Gasteiger partial charge in [0.1, 0.15) is 40.4 Å². The molecule has 0 bridgehead atoms. The SMILES string of the molecule is COc1ccc([C@@H]2CC(=O)c3c(O)c(CC=C(C)C)c(O)c(CC=C(C)C)c3O2)c(O)c1. The summed E-state index contributed by atoms with van der Waals surface area (Å²) in [7, 11) is 1.50. The topological polar surface area (TPSA) is 96.2 Å². The van der Waals surface area contributed by atoms with E-state index >= 15 is 0 Å². The van der Waals surface area contributed by atoms with Gasteiger partial charge in [-0.05, 0) is 52.7 Å². The Morgan fingerprint density at radius 3 is 2.22 bits per heavy atom. The fourth-order valence-electron chi connectivity index (χ4n) is 3.75. The van der Waals surface area contributed by atoms with Crippen LogP contribution < -0.4 is 9.47 Å². The number of aromatic hydroxyl groups is 3. The van der Waals surface area contributed by atoms with Gasteiger partial charge in [-0.15, -0.1) is 0 Å². The van der Waals surface area contributed by atoms with Gasteiger partial charge in [-0.2, -0.15) is 0 Å². The number of rotatable bonds is 6. The van der Waals surface area contributed by atoms with E-state index < -0.39 is 6.10 Å². The summed E-state index contributed by atoms with van der Waals surface area (Å²) < 4.78 is 11.3. The van der Waals surface area contributed by atoms with E-state index in [1.807, 2.05) is 39.8 Å². The van der Waals surface area contributed by atoms with E-state index in [-0.39, 0.29) is 40.8 Å². The van der Waals surface area contributed by atoms with E-state index in [1.54, 1.807) is 12.1 Å². The Morgan fingerprint density at radius 2 is 1.66 bits per heavy atom. The second-order valence-corrected chi connectivity index (χ2v) is 8.49. The van der Waals surface area contributed by atoms with Crippen LogP contribution >= 0.6 is 0 Å². The molecular weight excluding hydrogens is 408 g/mol. The number of carbonyl (C=O) groups excluding carboxylic acids is 1. The van der Waals surface area contributed by atoms with Crippen LogP contribution in [0.3, 0.4) is 0 Å². The average molecular weight is 439 g/mol. The van der Waals surface area contributed by atoms with Crippen molar-refractivity contribution >= 4 is 5.78 Å². The van der Waals surface area contributed by atoms with Gasteiger partial charge in [-0.3, -0.25) is 4.79 Å². The number of phenols is 3. The highest BCUT2D eigenvalue weighted by molar-refractivity contribution is 6.04. The molecule has 0 unspecified atom stereocenters. The Morgan fingerprint density at radius 1 is 1.03 bits per heavy atom. The van der Waals surface area contributed by atoms with E-state index in [9.17, 15) is 20.1 Å². The minimum atomic E-state index is -0.756. The van der Waals surface area contributed by atoms with Crippen molar-refractivity contribution < 1.29 is 29.6 Å². The molecule has 1 aliphatic rings. The minimum absolute atomic E-state index is 0.0462. The number of ketones is 1. The van der Waals surface area contributed by atoms with E-state index in [0.717, 1.165) is 11.1 Å². The summed E-state index contributed by atoms with van der Waals surface area (Å²) in [4.78, 5) is 13.2. The zero-order valence-electron chi connectivity index (χ0n) is 19.2. The molecule has 0 aromatic heterocycles. The second kappa shape index (κ2) is 9.39. The lowest BCUT2D eigenvalue weighted by molar-refractivity contribution is 0.0839. The summed E-state index contributed by atoms with van der Waals surface area (Å²) in [6.45, 7) is 7.74. The van der Waals surface area contributed by atoms with Gasteiger partial charge in [0, 0.05) is 22.8 Å². The largest absolute Gasteiger partial charge is 0.507 e. The smallest absolute Gasteiger partial charge is 0.174 e. The van der Waals surface area contributed by atoms with Crippen molar-refractivity contribution in [2.24, 2.45) is 0 Å². The fraction of sp³-hybridized carbons (Fsp3) is 0.346. The Balaban J connectivity index is 2.16. The molecule has 2 aromatic rings. The molecule has 0 aliphatic carbocycles. The molecule has 1 atom stereocenters. The first-order valence-corrected chi connectivity index (χ1v) is 10.6. The first kappa shape index (κ1) is 23.3. The molecule has 6 heteroatoms. The molecule has 32 heavy (non-hydrogen) atoms. The number of hydrogen-bond acceptors (Lipinski definition) is 6. The van der Waals surface area contributed by atoms with Gasteiger partial charge in [0.15, 0.2) is 5.78 Å². The van der Waals surface area contributed by atoms with E-state index in [4.69, 9.17) is 9.47 Å². The summed E-state index contributed by atoms with van der Waals surface area (Å²) in [6, 6.07) is 4.79.